The van der Waals surface area contributed by atoms with Crippen LogP contribution in [0.2, 0.25) is 0 Å². The predicted molar refractivity (Wildman–Crippen MR) is 126 cm³/mol. The highest BCUT2D eigenvalue weighted by Crippen LogP contribution is 2.46. The van der Waals surface area contributed by atoms with E-state index in [9.17, 15) is 10.1 Å². The van der Waals surface area contributed by atoms with Crippen LogP contribution in [0.1, 0.15) is 27.2 Å². The molecule has 1 aromatic heterocycles. The summed E-state index contributed by atoms with van der Waals surface area (Å²) in [6.45, 7) is 0. The molecule has 1 aliphatic carbocycles. The van der Waals surface area contributed by atoms with Crippen molar-refractivity contribution in [1.82, 2.24) is 4.98 Å². The number of hydrogen-bond donors (Lipinski definition) is 0. The van der Waals surface area contributed by atoms with Gasteiger partial charge in [0, 0.05) is 22.4 Å². The van der Waals surface area contributed by atoms with E-state index in [4.69, 9.17) is 9.72 Å². The summed E-state index contributed by atoms with van der Waals surface area (Å²) in [6, 6.07) is 27.5. The second kappa shape index (κ2) is 8.33. The van der Waals surface area contributed by atoms with E-state index in [2.05, 4.69) is 6.07 Å². The minimum atomic E-state index is -0.101. The van der Waals surface area contributed by atoms with E-state index in [-0.39, 0.29) is 5.78 Å². The molecule has 0 fully saturated rings. The van der Waals surface area contributed by atoms with Crippen molar-refractivity contribution in [3.05, 3.63) is 101 Å². The first-order chi connectivity index (χ1) is 15.7. The Labute approximate surface area is 190 Å². The lowest BCUT2D eigenvalue weighted by molar-refractivity contribution is 0.103. The van der Waals surface area contributed by atoms with Crippen molar-refractivity contribution in [3.63, 3.8) is 0 Å². The molecular weight excluding hydrogens is 416 g/mol. The molecule has 154 valence electrons. The van der Waals surface area contributed by atoms with E-state index in [0.29, 0.717) is 27.6 Å². The molecule has 0 aliphatic heterocycles. The first kappa shape index (κ1) is 20.0. The molecule has 1 aliphatic rings. The smallest absolute Gasteiger partial charge is 0.212 e. The number of nitrogens with zero attached hydrogens (tertiary/aromatic N) is 2. The lowest BCUT2D eigenvalue weighted by Gasteiger charge is -2.15. The number of carbonyl (C=O) groups is 1. The van der Waals surface area contributed by atoms with Gasteiger partial charge in [-0.25, -0.2) is 4.98 Å². The third-order valence-electron chi connectivity index (χ3n) is 5.53. The molecule has 0 spiro atoms. The molecule has 0 atom stereocenters. The largest absolute Gasteiger partial charge is 0.497 e. The number of aromatic nitrogens is 1. The van der Waals surface area contributed by atoms with Gasteiger partial charge in [-0.2, -0.15) is 5.26 Å². The van der Waals surface area contributed by atoms with Crippen molar-refractivity contribution in [1.29, 1.82) is 5.26 Å². The number of benzene rings is 3. The van der Waals surface area contributed by atoms with Crippen LogP contribution >= 0.6 is 11.8 Å². The van der Waals surface area contributed by atoms with Gasteiger partial charge >= 0.3 is 0 Å². The maximum absolute atomic E-state index is 13.2. The molecule has 0 N–H and O–H groups in total. The van der Waals surface area contributed by atoms with Crippen molar-refractivity contribution in [3.8, 4) is 34.1 Å². The number of methoxy groups -OCH3 is 1. The molecule has 4 aromatic rings. The van der Waals surface area contributed by atoms with Gasteiger partial charge in [-0.3, -0.25) is 4.79 Å². The Morgan fingerprint density at radius 3 is 2.28 bits per heavy atom. The third kappa shape index (κ3) is 3.35. The van der Waals surface area contributed by atoms with E-state index >= 15 is 0 Å². The van der Waals surface area contributed by atoms with Crippen LogP contribution in [0.15, 0.2) is 83.9 Å². The van der Waals surface area contributed by atoms with Crippen LogP contribution in [0.5, 0.6) is 5.75 Å². The molecule has 0 saturated heterocycles. The van der Waals surface area contributed by atoms with E-state index < -0.39 is 0 Å². The van der Waals surface area contributed by atoms with E-state index in [1.54, 1.807) is 7.11 Å². The molecule has 4 nitrogen and oxygen atoms in total. The van der Waals surface area contributed by atoms with Gasteiger partial charge in [0.15, 0.2) is 0 Å². The number of hydrogen-bond acceptors (Lipinski definition) is 5. The lowest BCUT2D eigenvalue weighted by Crippen LogP contribution is -2.03. The zero-order chi connectivity index (χ0) is 22.1. The first-order valence-corrected chi connectivity index (χ1v) is 11.1. The number of pyridine rings is 1. The second-order valence-electron chi connectivity index (χ2n) is 7.38. The van der Waals surface area contributed by atoms with Crippen LogP contribution in [-0.2, 0) is 5.75 Å². The molecule has 5 heteroatoms. The normalized spacial score (nSPS) is 11.6. The molecule has 0 radical (unpaired) electrons. The highest BCUT2D eigenvalue weighted by Gasteiger charge is 2.33. The van der Waals surface area contributed by atoms with Crippen molar-refractivity contribution >= 4 is 17.5 Å². The van der Waals surface area contributed by atoms with Crippen LogP contribution in [0.25, 0.3) is 22.3 Å². The molecule has 3 aromatic carbocycles. The minimum Gasteiger partial charge on any atom is -0.497 e. The predicted octanol–water partition coefficient (Wildman–Crippen LogP) is 6.13. The molecule has 0 amide bonds. The molecule has 5 rings (SSSR count). The zero-order valence-electron chi connectivity index (χ0n) is 17.3. The van der Waals surface area contributed by atoms with E-state index in [1.165, 1.54) is 11.8 Å². The van der Waals surface area contributed by atoms with Gasteiger partial charge in [0.05, 0.1) is 12.7 Å². The number of fused-ring (bicyclic) bond motifs is 3. The fourth-order valence-electron chi connectivity index (χ4n) is 4.00. The Bertz CT molecular complexity index is 1370. The van der Waals surface area contributed by atoms with Gasteiger partial charge in [0.25, 0.3) is 0 Å². The van der Waals surface area contributed by atoms with Crippen molar-refractivity contribution in [2.24, 2.45) is 0 Å². The number of thioether (sulfide) groups is 1. The summed E-state index contributed by atoms with van der Waals surface area (Å²) < 4.78 is 5.30. The molecule has 32 heavy (non-hydrogen) atoms. The van der Waals surface area contributed by atoms with Crippen LogP contribution < -0.4 is 4.74 Å². The summed E-state index contributed by atoms with van der Waals surface area (Å²) in [5.74, 6) is 1.29. The number of rotatable bonds is 5. The van der Waals surface area contributed by atoms with Gasteiger partial charge in [-0.1, -0.05) is 66.7 Å². The number of ether oxygens (including phenoxy) is 1. The summed E-state index contributed by atoms with van der Waals surface area (Å²) in [7, 11) is 1.62. The molecule has 0 saturated carbocycles. The summed E-state index contributed by atoms with van der Waals surface area (Å²) >= 11 is 1.48. The number of nitriles is 1. The van der Waals surface area contributed by atoms with Crippen LogP contribution in [0, 0.1) is 11.3 Å². The van der Waals surface area contributed by atoms with Gasteiger partial charge in [0.2, 0.25) is 5.78 Å². The Balaban J connectivity index is 1.72. The molecular formula is C27H18N2O2S. The van der Waals surface area contributed by atoms with Crippen LogP contribution in [0.4, 0.5) is 0 Å². The monoisotopic (exact) mass is 434 g/mol. The average Bonchev–Trinajstić information content (AvgIpc) is 3.14. The maximum atomic E-state index is 13.2. The van der Waals surface area contributed by atoms with Gasteiger partial charge in [-0.05, 0) is 28.8 Å². The average molecular weight is 435 g/mol. The number of carbonyl (C=O) groups excluding carboxylic acids is 1. The molecule has 0 unspecified atom stereocenters. The Kier molecular flexibility index (Phi) is 5.22. The Morgan fingerprint density at radius 1 is 0.906 bits per heavy atom. The summed E-state index contributed by atoms with van der Waals surface area (Å²) in [5, 5.41) is 10.8. The van der Waals surface area contributed by atoms with Gasteiger partial charge in [-0.15, -0.1) is 11.8 Å². The highest BCUT2D eigenvalue weighted by atomic mass is 32.2. The van der Waals surface area contributed by atoms with Crippen LogP contribution in [-0.4, -0.2) is 17.9 Å². The fraction of sp³-hybridized carbons (Fsp3) is 0.0741. The van der Waals surface area contributed by atoms with Crippen molar-refractivity contribution in [2.75, 3.05) is 7.11 Å². The standard InChI is InChI=1S/C27H18N2O2S/c1-31-19-13-11-18(12-14-19)23-22(15-28)27(32-16-17-7-3-2-4-8-17)29-25-24(23)20-9-5-6-10-21(20)26(25)30/h2-14H,16H2,1H3. The number of ketones is 1. The minimum absolute atomic E-state index is 0.101. The fourth-order valence-corrected chi connectivity index (χ4v) is 4.94. The van der Waals surface area contributed by atoms with Crippen molar-refractivity contribution in [2.45, 2.75) is 10.8 Å². The Morgan fingerprint density at radius 2 is 1.59 bits per heavy atom. The third-order valence-corrected chi connectivity index (χ3v) is 6.58. The topological polar surface area (TPSA) is 63.0 Å². The summed E-state index contributed by atoms with van der Waals surface area (Å²) in [4.78, 5) is 17.9. The summed E-state index contributed by atoms with van der Waals surface area (Å²) in [5.41, 5.74) is 5.80. The Hall–Kier alpha value is -3.88. The first-order valence-electron chi connectivity index (χ1n) is 10.1. The second-order valence-corrected chi connectivity index (χ2v) is 8.34. The maximum Gasteiger partial charge on any atom is 0.212 e. The van der Waals surface area contributed by atoms with Gasteiger partial charge in [0.1, 0.15) is 22.5 Å². The van der Waals surface area contributed by atoms with Gasteiger partial charge < -0.3 is 4.74 Å². The van der Waals surface area contributed by atoms with Crippen molar-refractivity contribution < 1.29 is 9.53 Å². The highest BCUT2D eigenvalue weighted by molar-refractivity contribution is 7.98. The lowest BCUT2D eigenvalue weighted by atomic mass is 9.93. The van der Waals surface area contributed by atoms with Crippen LogP contribution in [0.3, 0.4) is 0 Å². The van der Waals surface area contributed by atoms with E-state index in [0.717, 1.165) is 33.6 Å². The quantitative estimate of drug-likeness (QED) is 0.311. The molecule has 1 heterocycles. The summed E-state index contributed by atoms with van der Waals surface area (Å²) in [6.07, 6.45) is 0. The molecule has 0 bridgehead atoms. The SMILES string of the molecule is COc1ccc(-c2c(C#N)c(SCc3ccccc3)nc3c2-c2ccccc2C3=O)cc1. The van der Waals surface area contributed by atoms with E-state index in [1.807, 2.05) is 78.9 Å². The zero-order valence-corrected chi connectivity index (χ0v) is 18.1.